The van der Waals surface area contributed by atoms with Crippen molar-refractivity contribution in [3.63, 3.8) is 0 Å². The highest BCUT2D eigenvalue weighted by molar-refractivity contribution is 6.00. The lowest BCUT2D eigenvalue weighted by Crippen LogP contribution is -2.20. The fourth-order valence-corrected chi connectivity index (χ4v) is 3.50. The minimum atomic E-state index is -0.445. The van der Waals surface area contributed by atoms with E-state index in [0.29, 0.717) is 24.3 Å². The Morgan fingerprint density at radius 1 is 1.24 bits per heavy atom. The number of esters is 1. The summed E-state index contributed by atoms with van der Waals surface area (Å²) < 4.78 is 7.14. The van der Waals surface area contributed by atoms with E-state index in [1.807, 2.05) is 18.5 Å². The van der Waals surface area contributed by atoms with Crippen molar-refractivity contribution < 1.29 is 19.1 Å². The SMILES string of the molecule is Cc1nn(CC(C)C)c(C)c1CC(=O)OCC(=O)c1ccc2c(c1)CCC(=O)N2. The van der Waals surface area contributed by atoms with E-state index in [2.05, 4.69) is 24.3 Å². The molecule has 0 saturated carbocycles. The highest BCUT2D eigenvalue weighted by atomic mass is 16.5. The number of aryl methyl sites for hydroxylation is 2. The number of carbonyl (C=O) groups is 3. The Morgan fingerprint density at radius 3 is 2.72 bits per heavy atom. The number of fused-ring (bicyclic) bond motifs is 1. The van der Waals surface area contributed by atoms with E-state index in [1.54, 1.807) is 18.2 Å². The predicted molar refractivity (Wildman–Crippen MR) is 109 cm³/mol. The number of rotatable bonds is 7. The van der Waals surface area contributed by atoms with E-state index in [1.165, 1.54) is 0 Å². The molecule has 0 atom stereocenters. The summed E-state index contributed by atoms with van der Waals surface area (Å²) >= 11 is 0. The third-order valence-corrected chi connectivity index (χ3v) is 5.08. The standard InChI is InChI=1S/C22H27N3O4/c1-13(2)11-25-15(4)18(14(3)24-25)10-22(28)29-12-20(26)17-5-7-19-16(9-17)6-8-21(27)23-19/h5,7,9,13H,6,8,10-12H2,1-4H3,(H,23,27). The zero-order valence-electron chi connectivity index (χ0n) is 17.4. The van der Waals surface area contributed by atoms with Gasteiger partial charge >= 0.3 is 5.97 Å². The molecular weight excluding hydrogens is 370 g/mol. The number of benzene rings is 1. The Hall–Kier alpha value is -2.96. The van der Waals surface area contributed by atoms with Crippen LogP contribution in [0.3, 0.4) is 0 Å². The number of ether oxygens (including phenoxy) is 1. The van der Waals surface area contributed by atoms with Gasteiger partial charge in [0.2, 0.25) is 5.91 Å². The van der Waals surface area contributed by atoms with Crippen LogP contribution in [0.15, 0.2) is 18.2 Å². The van der Waals surface area contributed by atoms with Gasteiger partial charge in [0, 0.05) is 35.5 Å². The molecule has 3 rings (SSSR count). The zero-order valence-corrected chi connectivity index (χ0v) is 17.4. The van der Waals surface area contributed by atoms with Gasteiger partial charge < -0.3 is 10.1 Å². The summed E-state index contributed by atoms with van der Waals surface area (Å²) in [6.45, 7) is 8.54. The fraction of sp³-hybridized carbons (Fsp3) is 0.455. The van der Waals surface area contributed by atoms with E-state index < -0.39 is 5.97 Å². The first-order chi connectivity index (χ1) is 13.7. The van der Waals surface area contributed by atoms with Crippen molar-refractivity contribution in [2.75, 3.05) is 11.9 Å². The molecule has 1 aromatic heterocycles. The van der Waals surface area contributed by atoms with Gasteiger partial charge in [-0.1, -0.05) is 13.8 Å². The average molecular weight is 397 g/mol. The Kier molecular flexibility index (Phi) is 6.15. The fourth-order valence-electron chi connectivity index (χ4n) is 3.50. The maximum atomic E-state index is 12.4. The van der Waals surface area contributed by atoms with Crippen LogP contribution in [-0.2, 0) is 33.7 Å². The molecule has 1 aliphatic rings. The Balaban J connectivity index is 1.59. The van der Waals surface area contributed by atoms with Gasteiger partial charge in [-0.15, -0.1) is 0 Å². The molecule has 0 saturated heterocycles. The first kappa shape index (κ1) is 20.8. The summed E-state index contributed by atoms with van der Waals surface area (Å²) in [5, 5.41) is 7.29. The number of hydrogen-bond donors (Lipinski definition) is 1. The summed E-state index contributed by atoms with van der Waals surface area (Å²) in [7, 11) is 0. The van der Waals surface area contributed by atoms with E-state index in [9.17, 15) is 14.4 Å². The summed E-state index contributed by atoms with van der Waals surface area (Å²) in [5.74, 6) is -0.274. The van der Waals surface area contributed by atoms with Crippen LogP contribution in [0.5, 0.6) is 0 Å². The number of amides is 1. The molecule has 0 spiro atoms. The van der Waals surface area contributed by atoms with E-state index in [0.717, 1.165) is 34.7 Å². The Bertz CT molecular complexity index is 959. The van der Waals surface area contributed by atoms with Gasteiger partial charge in [-0.3, -0.25) is 19.1 Å². The predicted octanol–water partition coefficient (Wildman–Crippen LogP) is 3.01. The minimum absolute atomic E-state index is 0.0205. The monoisotopic (exact) mass is 397 g/mol. The lowest BCUT2D eigenvalue weighted by atomic mass is 9.99. The molecule has 0 unspecified atom stereocenters. The molecular formula is C22H27N3O4. The quantitative estimate of drug-likeness (QED) is 0.573. The maximum Gasteiger partial charge on any atom is 0.310 e. The molecule has 1 amide bonds. The smallest absolute Gasteiger partial charge is 0.310 e. The van der Waals surface area contributed by atoms with Crippen LogP contribution in [0.25, 0.3) is 0 Å². The Labute approximate surface area is 170 Å². The third-order valence-electron chi connectivity index (χ3n) is 5.08. The molecule has 7 heteroatoms. The Morgan fingerprint density at radius 2 is 2.00 bits per heavy atom. The van der Waals surface area contributed by atoms with Crippen LogP contribution >= 0.6 is 0 Å². The molecule has 1 aliphatic heterocycles. The highest BCUT2D eigenvalue weighted by Crippen LogP contribution is 2.24. The molecule has 7 nitrogen and oxygen atoms in total. The molecule has 1 N–H and O–H groups in total. The largest absolute Gasteiger partial charge is 0.457 e. The molecule has 2 heterocycles. The van der Waals surface area contributed by atoms with E-state index in [-0.39, 0.29) is 24.7 Å². The van der Waals surface area contributed by atoms with Crippen LogP contribution in [0, 0.1) is 19.8 Å². The van der Waals surface area contributed by atoms with E-state index in [4.69, 9.17) is 4.74 Å². The first-order valence-corrected chi connectivity index (χ1v) is 9.89. The topological polar surface area (TPSA) is 90.3 Å². The van der Waals surface area contributed by atoms with Gasteiger partial charge in [-0.05, 0) is 49.9 Å². The van der Waals surface area contributed by atoms with Crippen LogP contribution in [0.2, 0.25) is 0 Å². The minimum Gasteiger partial charge on any atom is -0.457 e. The van der Waals surface area contributed by atoms with Crippen molar-refractivity contribution in [1.29, 1.82) is 0 Å². The molecule has 29 heavy (non-hydrogen) atoms. The summed E-state index contributed by atoms with van der Waals surface area (Å²) in [4.78, 5) is 36.2. The first-order valence-electron chi connectivity index (χ1n) is 9.89. The summed E-state index contributed by atoms with van der Waals surface area (Å²) in [5.41, 5.74) is 4.75. The number of Topliss-reactive ketones (excluding diaryl/α,β-unsaturated/α-hetero) is 1. The van der Waals surface area contributed by atoms with Crippen LogP contribution in [0.4, 0.5) is 5.69 Å². The number of aromatic nitrogens is 2. The summed E-state index contributed by atoms with van der Waals surface area (Å²) in [6, 6.07) is 5.12. The molecule has 2 aromatic rings. The lowest BCUT2D eigenvalue weighted by molar-refractivity contribution is -0.141. The van der Waals surface area contributed by atoms with Gasteiger partial charge in [0.15, 0.2) is 12.4 Å². The van der Waals surface area contributed by atoms with Gasteiger partial charge in [0.25, 0.3) is 0 Å². The molecule has 1 aromatic carbocycles. The number of hydrogen-bond acceptors (Lipinski definition) is 5. The van der Waals surface area contributed by atoms with Gasteiger partial charge in [0.05, 0.1) is 12.1 Å². The maximum absolute atomic E-state index is 12.4. The molecule has 154 valence electrons. The van der Waals surface area contributed by atoms with Crippen molar-refractivity contribution in [1.82, 2.24) is 9.78 Å². The van der Waals surface area contributed by atoms with Crippen molar-refractivity contribution in [3.05, 3.63) is 46.3 Å². The molecule has 0 aliphatic carbocycles. The number of nitrogens with one attached hydrogen (secondary N) is 1. The second kappa shape index (κ2) is 8.59. The second-order valence-corrected chi connectivity index (χ2v) is 7.91. The number of carbonyl (C=O) groups excluding carboxylic acids is 3. The highest BCUT2D eigenvalue weighted by Gasteiger charge is 2.19. The van der Waals surface area contributed by atoms with Gasteiger partial charge in [-0.25, -0.2) is 0 Å². The number of ketones is 1. The van der Waals surface area contributed by atoms with E-state index >= 15 is 0 Å². The lowest BCUT2D eigenvalue weighted by Gasteiger charge is -2.17. The molecule has 0 fully saturated rings. The van der Waals surface area contributed by atoms with Crippen molar-refractivity contribution in [2.45, 2.75) is 53.5 Å². The van der Waals surface area contributed by atoms with Gasteiger partial charge in [0.1, 0.15) is 0 Å². The molecule has 0 bridgehead atoms. The number of anilines is 1. The van der Waals surface area contributed by atoms with Crippen molar-refractivity contribution in [3.8, 4) is 0 Å². The zero-order chi connectivity index (χ0) is 21.1. The van der Waals surface area contributed by atoms with Crippen LogP contribution < -0.4 is 5.32 Å². The number of nitrogens with zero attached hydrogens (tertiary/aromatic N) is 2. The van der Waals surface area contributed by atoms with Crippen molar-refractivity contribution in [2.24, 2.45) is 5.92 Å². The normalized spacial score (nSPS) is 13.2. The van der Waals surface area contributed by atoms with Crippen LogP contribution in [-0.4, -0.2) is 34.0 Å². The van der Waals surface area contributed by atoms with Crippen LogP contribution in [0.1, 0.15) is 53.1 Å². The second-order valence-electron chi connectivity index (χ2n) is 7.91. The van der Waals surface area contributed by atoms with Gasteiger partial charge in [-0.2, -0.15) is 5.10 Å². The van der Waals surface area contributed by atoms with Crippen molar-refractivity contribution >= 4 is 23.3 Å². The molecule has 0 radical (unpaired) electrons. The summed E-state index contributed by atoms with van der Waals surface area (Å²) in [6.07, 6.45) is 1.10. The average Bonchev–Trinajstić information content (AvgIpc) is 2.92. The third kappa shape index (κ3) is 4.91.